The van der Waals surface area contributed by atoms with Gasteiger partial charge in [-0.25, -0.2) is 19.8 Å². The lowest BCUT2D eigenvalue weighted by Crippen LogP contribution is -2.40. The van der Waals surface area contributed by atoms with Crippen LogP contribution < -0.4 is 16.1 Å². The second kappa shape index (κ2) is 10.4. The summed E-state index contributed by atoms with van der Waals surface area (Å²) >= 11 is 0. The summed E-state index contributed by atoms with van der Waals surface area (Å²) in [7, 11) is 0. The number of carbonyl (C=O) groups is 2. The minimum Gasteiger partial charge on any atom is -0.343 e. The smallest absolute Gasteiger partial charge is 0.333 e. The van der Waals surface area contributed by atoms with Gasteiger partial charge in [-0.05, 0) is 62.8 Å². The van der Waals surface area contributed by atoms with Gasteiger partial charge in [-0.15, -0.1) is 0 Å². The molecule has 2 amide bonds. The molecule has 5 heterocycles. The number of hydrogen-bond donors (Lipinski definition) is 0. The van der Waals surface area contributed by atoms with Crippen molar-refractivity contribution in [3.05, 3.63) is 80.1 Å². The Bertz CT molecular complexity index is 1720. The quantitative estimate of drug-likeness (QED) is 0.364. The van der Waals surface area contributed by atoms with Crippen LogP contribution in [0.15, 0.2) is 51.2 Å². The molecule has 0 radical (unpaired) electrons. The molecule has 42 heavy (non-hydrogen) atoms. The molecule has 7 rings (SSSR count). The van der Waals surface area contributed by atoms with E-state index in [2.05, 4.69) is 9.97 Å². The monoisotopic (exact) mass is 571 g/mol. The maximum absolute atomic E-state index is 13.5. The maximum Gasteiger partial charge on any atom is 0.333 e. The Morgan fingerprint density at radius 3 is 2.40 bits per heavy atom. The molecule has 12 heteroatoms. The molecule has 0 bridgehead atoms. The fourth-order valence-electron chi connectivity index (χ4n) is 5.83. The predicted octanol–water partition coefficient (Wildman–Crippen LogP) is 2.95. The molecule has 0 aromatic carbocycles. The van der Waals surface area contributed by atoms with Gasteiger partial charge in [0.15, 0.2) is 0 Å². The zero-order valence-electron chi connectivity index (χ0n) is 23.0. The lowest BCUT2D eigenvalue weighted by molar-refractivity contribution is -0.127. The third-order valence-electron chi connectivity index (χ3n) is 8.35. The molecule has 0 unspecified atom stereocenters. The van der Waals surface area contributed by atoms with Crippen LogP contribution in [0, 0.1) is 5.95 Å². The molecular formula is C30H30FN7O4. The van der Waals surface area contributed by atoms with Gasteiger partial charge in [0.1, 0.15) is 11.6 Å². The zero-order chi connectivity index (χ0) is 29.0. The number of aromatic nitrogens is 4. The van der Waals surface area contributed by atoms with Gasteiger partial charge in [0.05, 0.1) is 16.8 Å². The second-order valence-corrected chi connectivity index (χ2v) is 11.4. The van der Waals surface area contributed by atoms with E-state index in [9.17, 15) is 23.6 Å². The molecular weight excluding hydrogens is 541 g/mol. The second-order valence-electron chi connectivity index (χ2n) is 11.4. The van der Waals surface area contributed by atoms with E-state index in [4.69, 9.17) is 4.99 Å². The van der Waals surface area contributed by atoms with Gasteiger partial charge in [0.25, 0.3) is 11.5 Å². The van der Waals surface area contributed by atoms with Crippen molar-refractivity contribution in [2.45, 2.75) is 63.5 Å². The van der Waals surface area contributed by atoms with Crippen LogP contribution in [0.1, 0.15) is 78.5 Å². The maximum atomic E-state index is 13.5. The van der Waals surface area contributed by atoms with E-state index in [1.165, 1.54) is 21.7 Å². The summed E-state index contributed by atoms with van der Waals surface area (Å²) in [4.78, 5) is 68.3. The molecule has 3 aromatic rings. The normalized spacial score (nSPS) is 17.9. The van der Waals surface area contributed by atoms with Gasteiger partial charge >= 0.3 is 5.69 Å². The van der Waals surface area contributed by atoms with Crippen LogP contribution in [-0.4, -0.2) is 61.2 Å². The van der Waals surface area contributed by atoms with Crippen molar-refractivity contribution in [2.75, 3.05) is 24.5 Å². The van der Waals surface area contributed by atoms with Gasteiger partial charge in [-0.3, -0.25) is 28.4 Å². The van der Waals surface area contributed by atoms with Gasteiger partial charge in [-0.2, -0.15) is 4.39 Å². The summed E-state index contributed by atoms with van der Waals surface area (Å²) in [6.45, 7) is 1.54. The van der Waals surface area contributed by atoms with Gasteiger partial charge in [0.2, 0.25) is 11.9 Å². The van der Waals surface area contributed by atoms with Crippen LogP contribution in [0.5, 0.6) is 0 Å². The van der Waals surface area contributed by atoms with Crippen molar-refractivity contribution in [3.63, 3.8) is 0 Å². The third kappa shape index (κ3) is 4.84. The average molecular weight is 572 g/mol. The van der Waals surface area contributed by atoms with E-state index in [-0.39, 0.29) is 40.7 Å². The largest absolute Gasteiger partial charge is 0.343 e. The number of aliphatic imine (C=N–C) groups is 1. The van der Waals surface area contributed by atoms with Gasteiger partial charge < -0.3 is 4.90 Å². The number of amides is 2. The molecule has 4 aliphatic rings. The minimum atomic E-state index is -0.678. The van der Waals surface area contributed by atoms with Crippen LogP contribution >= 0.6 is 0 Å². The summed E-state index contributed by atoms with van der Waals surface area (Å²) in [5.74, 6) is -0.0893. The Kier molecular flexibility index (Phi) is 6.55. The summed E-state index contributed by atoms with van der Waals surface area (Å²) in [6, 6.07) is 6.10. The van der Waals surface area contributed by atoms with Crippen LogP contribution in [0.3, 0.4) is 0 Å². The molecule has 2 aliphatic heterocycles. The molecule has 3 fully saturated rings. The van der Waals surface area contributed by atoms with Crippen LogP contribution in [0.25, 0.3) is 0 Å². The van der Waals surface area contributed by atoms with Crippen molar-refractivity contribution >= 4 is 29.2 Å². The number of pyridine rings is 2. The van der Waals surface area contributed by atoms with E-state index >= 15 is 0 Å². The van der Waals surface area contributed by atoms with Crippen molar-refractivity contribution in [1.29, 1.82) is 0 Å². The lowest BCUT2D eigenvalue weighted by atomic mass is 10.1. The van der Waals surface area contributed by atoms with Crippen molar-refractivity contribution in [3.8, 4) is 0 Å². The summed E-state index contributed by atoms with van der Waals surface area (Å²) in [5.41, 5.74) is 1.60. The van der Waals surface area contributed by atoms with E-state index in [1.807, 2.05) is 0 Å². The number of halogens is 1. The van der Waals surface area contributed by atoms with Gasteiger partial charge in [-0.1, -0.05) is 0 Å². The molecule has 1 saturated heterocycles. The predicted molar refractivity (Wildman–Crippen MR) is 152 cm³/mol. The van der Waals surface area contributed by atoms with E-state index in [0.29, 0.717) is 67.4 Å². The Morgan fingerprint density at radius 2 is 1.76 bits per heavy atom. The first-order valence-electron chi connectivity index (χ1n) is 14.5. The standard InChI is InChI=1S/C30H30FN7O4/c31-24-10-4-19(17-32-24)28(40)36(14-2-13-35-12-1-3-26(35)39)25-11-5-18(16-33-25)23-15-22-27(34-23)37(20-6-7-20)30(42)38(29(22)41)21-8-9-21/h4-5,10-11,16-17,20-21H,1-3,6-9,12-15H2. The molecule has 3 aromatic heterocycles. The highest BCUT2D eigenvalue weighted by Gasteiger charge is 2.37. The van der Waals surface area contributed by atoms with Crippen LogP contribution in [0.4, 0.5) is 16.0 Å². The van der Waals surface area contributed by atoms with E-state index < -0.39 is 5.95 Å². The fourth-order valence-corrected chi connectivity index (χ4v) is 5.83. The number of anilines is 1. The minimum absolute atomic E-state index is 0.0197. The average Bonchev–Trinajstić information content (AvgIpc) is 3.92. The van der Waals surface area contributed by atoms with E-state index in [1.54, 1.807) is 27.8 Å². The van der Waals surface area contributed by atoms with Gasteiger partial charge in [0, 0.05) is 62.5 Å². The fraction of sp³-hybridized carbons (Fsp3) is 0.433. The highest BCUT2D eigenvalue weighted by Crippen LogP contribution is 2.40. The molecule has 11 nitrogen and oxygen atoms in total. The lowest BCUT2D eigenvalue weighted by Gasteiger charge is -2.23. The molecule has 0 atom stereocenters. The first kappa shape index (κ1) is 26.4. The molecule has 216 valence electrons. The Hall–Kier alpha value is -4.48. The number of carbonyl (C=O) groups excluding carboxylic acids is 2. The van der Waals surface area contributed by atoms with E-state index in [0.717, 1.165) is 38.2 Å². The number of likely N-dealkylation sites (tertiary alicyclic amines) is 1. The summed E-state index contributed by atoms with van der Waals surface area (Å²) in [5, 5.41) is 0. The number of fused-ring (bicyclic) bond motifs is 1. The molecule has 0 N–H and O–H groups in total. The zero-order valence-corrected chi connectivity index (χ0v) is 23.0. The molecule has 2 saturated carbocycles. The summed E-state index contributed by atoms with van der Waals surface area (Å²) < 4.78 is 16.5. The van der Waals surface area contributed by atoms with Crippen molar-refractivity contribution in [2.24, 2.45) is 4.99 Å². The first-order chi connectivity index (χ1) is 20.4. The third-order valence-corrected chi connectivity index (χ3v) is 8.35. The SMILES string of the molecule is O=C1CCCN1CCCN(C(=O)c1ccc(F)nc1)c1ccc(C2=Nc3c(c(=O)n(C4CC4)c(=O)n3C3CC3)C2)cn1. The molecule has 0 spiro atoms. The van der Waals surface area contributed by atoms with Crippen LogP contribution in [0.2, 0.25) is 0 Å². The topological polar surface area (TPSA) is 123 Å². The first-order valence-corrected chi connectivity index (χ1v) is 14.5. The highest BCUT2D eigenvalue weighted by molar-refractivity contribution is 6.07. The number of rotatable bonds is 9. The number of hydrogen-bond acceptors (Lipinski definition) is 7. The van der Waals surface area contributed by atoms with Crippen molar-refractivity contribution in [1.82, 2.24) is 24.0 Å². The van der Waals surface area contributed by atoms with Crippen molar-refractivity contribution < 1.29 is 14.0 Å². The Morgan fingerprint density at radius 1 is 0.976 bits per heavy atom. The Balaban J connectivity index is 1.16. The van der Waals surface area contributed by atoms with Crippen LogP contribution in [-0.2, 0) is 11.2 Å². The number of nitrogens with zero attached hydrogens (tertiary/aromatic N) is 7. The summed E-state index contributed by atoms with van der Waals surface area (Å²) in [6.07, 6.45) is 8.53. The highest BCUT2D eigenvalue weighted by atomic mass is 19.1. The Labute approximate surface area is 240 Å². The molecule has 2 aliphatic carbocycles.